The maximum Gasteiger partial charge on any atom is 0.157 e. The minimum absolute atomic E-state index is 0.0736. The van der Waals surface area contributed by atoms with Gasteiger partial charge in [0.2, 0.25) is 0 Å². The fourth-order valence-corrected chi connectivity index (χ4v) is 1.74. The predicted molar refractivity (Wildman–Crippen MR) is 61.5 cm³/mol. The molecule has 2 nitrogen and oxygen atoms in total. The van der Waals surface area contributed by atoms with Crippen LogP contribution in [0.3, 0.4) is 0 Å². The summed E-state index contributed by atoms with van der Waals surface area (Å²) in [6.07, 6.45) is 14.4. The molecule has 1 aliphatic heterocycles. The van der Waals surface area contributed by atoms with Gasteiger partial charge in [0.05, 0.1) is 0 Å². The summed E-state index contributed by atoms with van der Waals surface area (Å²) < 4.78 is 11.1. The summed E-state index contributed by atoms with van der Waals surface area (Å²) in [6, 6.07) is 0. The van der Waals surface area contributed by atoms with Gasteiger partial charge in [0.25, 0.3) is 0 Å². The lowest BCUT2D eigenvalue weighted by molar-refractivity contribution is -0.162. The molecular formula is C13H22O2. The lowest BCUT2D eigenvalue weighted by atomic mass is 10.1. The van der Waals surface area contributed by atoms with Gasteiger partial charge in [-0.15, -0.1) is 12.3 Å². The van der Waals surface area contributed by atoms with E-state index in [0.717, 1.165) is 38.9 Å². The SMILES string of the molecule is C#CCCCCCCO[C@H]1CCCCO1. The molecular weight excluding hydrogens is 188 g/mol. The Morgan fingerprint density at radius 2 is 2.07 bits per heavy atom. The zero-order valence-corrected chi connectivity index (χ0v) is 9.54. The van der Waals surface area contributed by atoms with Crippen molar-refractivity contribution in [2.45, 2.75) is 57.7 Å². The van der Waals surface area contributed by atoms with E-state index in [1.54, 1.807) is 0 Å². The van der Waals surface area contributed by atoms with Crippen molar-refractivity contribution in [3.63, 3.8) is 0 Å². The van der Waals surface area contributed by atoms with Gasteiger partial charge in [0.1, 0.15) is 0 Å². The highest BCUT2D eigenvalue weighted by molar-refractivity contribution is 4.82. The molecule has 0 N–H and O–H groups in total. The quantitative estimate of drug-likeness (QED) is 0.475. The van der Waals surface area contributed by atoms with Crippen molar-refractivity contribution >= 4 is 0 Å². The number of ether oxygens (including phenoxy) is 2. The largest absolute Gasteiger partial charge is 0.353 e. The van der Waals surface area contributed by atoms with Crippen LogP contribution in [0.25, 0.3) is 0 Å². The fourth-order valence-electron chi connectivity index (χ4n) is 1.74. The van der Waals surface area contributed by atoms with Crippen molar-refractivity contribution in [3.8, 4) is 12.3 Å². The number of terminal acetylenes is 1. The number of hydrogen-bond acceptors (Lipinski definition) is 2. The first-order valence-corrected chi connectivity index (χ1v) is 6.10. The second kappa shape index (κ2) is 8.76. The van der Waals surface area contributed by atoms with Crippen LogP contribution in [0.5, 0.6) is 0 Å². The number of unbranched alkanes of at least 4 members (excludes halogenated alkanes) is 4. The van der Waals surface area contributed by atoms with Crippen molar-refractivity contribution < 1.29 is 9.47 Å². The number of hydrogen-bond donors (Lipinski definition) is 0. The lowest BCUT2D eigenvalue weighted by Gasteiger charge is -2.22. The topological polar surface area (TPSA) is 18.5 Å². The fraction of sp³-hybridized carbons (Fsp3) is 0.846. The van der Waals surface area contributed by atoms with E-state index in [1.807, 2.05) is 0 Å². The molecule has 0 aromatic rings. The Labute approximate surface area is 93.3 Å². The van der Waals surface area contributed by atoms with E-state index in [0.29, 0.717) is 0 Å². The molecule has 1 rings (SSSR count). The summed E-state index contributed by atoms with van der Waals surface area (Å²) >= 11 is 0. The molecule has 1 fully saturated rings. The van der Waals surface area contributed by atoms with E-state index in [9.17, 15) is 0 Å². The molecule has 0 bridgehead atoms. The van der Waals surface area contributed by atoms with E-state index in [1.165, 1.54) is 25.7 Å². The van der Waals surface area contributed by atoms with Gasteiger partial charge in [0, 0.05) is 19.6 Å². The summed E-state index contributed by atoms with van der Waals surface area (Å²) in [6.45, 7) is 1.70. The highest BCUT2D eigenvalue weighted by atomic mass is 16.7. The first-order valence-electron chi connectivity index (χ1n) is 6.10. The van der Waals surface area contributed by atoms with E-state index in [2.05, 4.69) is 5.92 Å². The minimum Gasteiger partial charge on any atom is -0.353 e. The third kappa shape index (κ3) is 6.54. The molecule has 0 amide bonds. The third-order valence-electron chi connectivity index (χ3n) is 2.66. The van der Waals surface area contributed by atoms with Crippen LogP contribution in [0, 0.1) is 12.3 Å². The van der Waals surface area contributed by atoms with Crippen LogP contribution < -0.4 is 0 Å². The molecule has 0 aliphatic carbocycles. The summed E-state index contributed by atoms with van der Waals surface area (Å²) in [5.41, 5.74) is 0. The van der Waals surface area contributed by atoms with Gasteiger partial charge in [-0.2, -0.15) is 0 Å². The molecule has 0 unspecified atom stereocenters. The molecule has 0 radical (unpaired) electrons. The zero-order valence-electron chi connectivity index (χ0n) is 9.54. The van der Waals surface area contributed by atoms with Gasteiger partial charge >= 0.3 is 0 Å². The number of rotatable bonds is 7. The molecule has 0 saturated carbocycles. The first kappa shape index (κ1) is 12.5. The molecule has 1 aliphatic rings. The van der Waals surface area contributed by atoms with E-state index in [4.69, 9.17) is 15.9 Å². The van der Waals surface area contributed by atoms with Crippen LogP contribution in [0.15, 0.2) is 0 Å². The summed E-state index contributed by atoms with van der Waals surface area (Å²) in [4.78, 5) is 0. The first-order chi connectivity index (χ1) is 7.43. The second-order valence-electron chi connectivity index (χ2n) is 4.04. The van der Waals surface area contributed by atoms with Gasteiger partial charge < -0.3 is 9.47 Å². The van der Waals surface area contributed by atoms with Gasteiger partial charge in [-0.3, -0.25) is 0 Å². The summed E-state index contributed by atoms with van der Waals surface area (Å²) in [7, 11) is 0. The Hall–Kier alpha value is -0.520. The van der Waals surface area contributed by atoms with Crippen LogP contribution >= 0.6 is 0 Å². The van der Waals surface area contributed by atoms with E-state index in [-0.39, 0.29) is 6.29 Å². The van der Waals surface area contributed by atoms with Gasteiger partial charge in [0.15, 0.2) is 6.29 Å². The maximum absolute atomic E-state index is 5.63. The smallest absolute Gasteiger partial charge is 0.157 e. The van der Waals surface area contributed by atoms with Gasteiger partial charge in [-0.25, -0.2) is 0 Å². The van der Waals surface area contributed by atoms with Crippen molar-refractivity contribution in [2.75, 3.05) is 13.2 Å². The maximum atomic E-state index is 5.63. The molecule has 1 heterocycles. The third-order valence-corrected chi connectivity index (χ3v) is 2.66. The molecule has 0 aromatic carbocycles. The van der Waals surface area contributed by atoms with Crippen LogP contribution in [-0.4, -0.2) is 19.5 Å². The predicted octanol–water partition coefficient (Wildman–Crippen LogP) is 3.11. The summed E-state index contributed by atoms with van der Waals surface area (Å²) in [5, 5.41) is 0. The molecule has 15 heavy (non-hydrogen) atoms. The standard InChI is InChI=1S/C13H22O2/c1-2-3-4-5-6-8-11-14-13-10-7-9-12-15-13/h1,13H,3-12H2/t13-/m1/s1. The molecule has 1 atom stereocenters. The molecule has 0 aromatic heterocycles. The molecule has 86 valence electrons. The average Bonchev–Trinajstić information content (AvgIpc) is 2.29. The van der Waals surface area contributed by atoms with Crippen molar-refractivity contribution in [2.24, 2.45) is 0 Å². The Kier molecular flexibility index (Phi) is 7.33. The van der Waals surface area contributed by atoms with Gasteiger partial charge in [-0.1, -0.05) is 12.8 Å². The van der Waals surface area contributed by atoms with Crippen molar-refractivity contribution in [3.05, 3.63) is 0 Å². The molecule has 1 saturated heterocycles. The Bertz CT molecular complexity index is 177. The Balaban J connectivity index is 1.82. The van der Waals surface area contributed by atoms with Crippen molar-refractivity contribution in [1.29, 1.82) is 0 Å². The highest BCUT2D eigenvalue weighted by Gasteiger charge is 2.12. The van der Waals surface area contributed by atoms with Crippen LogP contribution in [0.2, 0.25) is 0 Å². The highest BCUT2D eigenvalue weighted by Crippen LogP contribution is 2.14. The summed E-state index contributed by atoms with van der Waals surface area (Å²) in [5.74, 6) is 2.66. The van der Waals surface area contributed by atoms with Gasteiger partial charge in [-0.05, 0) is 32.1 Å². The minimum atomic E-state index is 0.0736. The zero-order chi connectivity index (χ0) is 10.8. The molecule has 0 spiro atoms. The van der Waals surface area contributed by atoms with E-state index < -0.39 is 0 Å². The lowest BCUT2D eigenvalue weighted by Crippen LogP contribution is -2.22. The monoisotopic (exact) mass is 210 g/mol. The van der Waals surface area contributed by atoms with Crippen LogP contribution in [0.1, 0.15) is 51.4 Å². The van der Waals surface area contributed by atoms with Crippen LogP contribution in [-0.2, 0) is 9.47 Å². The Morgan fingerprint density at radius 1 is 1.20 bits per heavy atom. The van der Waals surface area contributed by atoms with Crippen molar-refractivity contribution in [1.82, 2.24) is 0 Å². The second-order valence-corrected chi connectivity index (χ2v) is 4.04. The molecule has 2 heteroatoms. The van der Waals surface area contributed by atoms with E-state index >= 15 is 0 Å². The Morgan fingerprint density at radius 3 is 2.80 bits per heavy atom. The average molecular weight is 210 g/mol. The van der Waals surface area contributed by atoms with Crippen LogP contribution in [0.4, 0.5) is 0 Å². The normalized spacial score (nSPS) is 21.1.